The number of nitrogens with one attached hydrogen (secondary N) is 1. The molecular weight excluding hydrogens is 324 g/mol. The Hall–Kier alpha value is -3.01. The molecule has 1 aromatic carbocycles. The van der Waals surface area contributed by atoms with Crippen LogP contribution >= 0.6 is 0 Å². The highest BCUT2D eigenvalue weighted by molar-refractivity contribution is 5.91. The molecule has 1 rings (SSSR count). The Bertz CT molecular complexity index is 657. The van der Waals surface area contributed by atoms with Gasteiger partial charge in [0.2, 0.25) is 0 Å². The average molecular weight is 346 g/mol. The van der Waals surface area contributed by atoms with E-state index in [0.717, 1.165) is 0 Å². The molecule has 0 unspecified atom stereocenters. The van der Waals surface area contributed by atoms with Gasteiger partial charge in [-0.05, 0) is 37.1 Å². The van der Waals surface area contributed by atoms with Gasteiger partial charge in [0.25, 0.3) is 11.8 Å². The minimum atomic E-state index is -0.733. The minimum absolute atomic E-state index is 0.244. The molecule has 3 N–H and O–H groups in total. The number of primary amides is 1. The molecule has 0 fully saturated rings. The van der Waals surface area contributed by atoms with E-state index in [1.54, 1.807) is 0 Å². The standard InChI is InChI=1S/C18H22N2O5/c1-4-18(5-2,6-3)20-16(22)12-25-17(23)13-7-9-14(10-8-13)24-11-15(19)21/h1,7-10H,5-6,11-12H2,2-3H3,(H2,19,21)(H,20,22). The number of hydrogen-bond donors (Lipinski definition) is 2. The van der Waals surface area contributed by atoms with Crippen molar-refractivity contribution in [1.29, 1.82) is 0 Å². The van der Waals surface area contributed by atoms with Crippen LogP contribution in [0, 0.1) is 12.3 Å². The van der Waals surface area contributed by atoms with Gasteiger partial charge < -0.3 is 20.5 Å². The lowest BCUT2D eigenvalue weighted by Crippen LogP contribution is -2.48. The third kappa shape index (κ3) is 6.18. The van der Waals surface area contributed by atoms with E-state index in [9.17, 15) is 14.4 Å². The highest BCUT2D eigenvalue weighted by atomic mass is 16.5. The first-order chi connectivity index (χ1) is 11.9. The van der Waals surface area contributed by atoms with Crippen molar-refractivity contribution in [2.24, 2.45) is 5.73 Å². The number of hydrogen-bond acceptors (Lipinski definition) is 5. The van der Waals surface area contributed by atoms with Crippen LogP contribution in [0.1, 0.15) is 37.0 Å². The normalized spacial score (nSPS) is 10.4. The molecule has 2 amide bonds. The van der Waals surface area contributed by atoms with Crippen LogP contribution in [0.25, 0.3) is 0 Å². The number of rotatable bonds is 9. The van der Waals surface area contributed by atoms with Crippen LogP contribution in [0.4, 0.5) is 0 Å². The number of benzene rings is 1. The monoisotopic (exact) mass is 346 g/mol. The molecule has 0 saturated carbocycles. The zero-order valence-corrected chi connectivity index (χ0v) is 14.3. The second kappa shape index (κ2) is 9.33. The summed E-state index contributed by atoms with van der Waals surface area (Å²) in [5, 5.41) is 2.71. The molecule has 0 bridgehead atoms. The number of esters is 1. The molecular formula is C18H22N2O5. The lowest BCUT2D eigenvalue weighted by molar-refractivity contribution is -0.125. The van der Waals surface area contributed by atoms with Crippen molar-refractivity contribution >= 4 is 17.8 Å². The third-order valence-corrected chi connectivity index (χ3v) is 3.67. The van der Waals surface area contributed by atoms with Crippen LogP contribution < -0.4 is 15.8 Å². The maximum absolute atomic E-state index is 11.9. The summed E-state index contributed by atoms with van der Waals surface area (Å²) < 4.78 is 10.1. The molecule has 7 nitrogen and oxygen atoms in total. The van der Waals surface area contributed by atoms with Crippen molar-refractivity contribution in [3.05, 3.63) is 29.8 Å². The molecule has 0 aliphatic rings. The molecule has 0 heterocycles. The van der Waals surface area contributed by atoms with E-state index < -0.39 is 29.9 Å². The Morgan fingerprint density at radius 1 is 1.16 bits per heavy atom. The molecule has 0 radical (unpaired) electrons. The molecule has 0 saturated heterocycles. The third-order valence-electron chi connectivity index (χ3n) is 3.67. The molecule has 25 heavy (non-hydrogen) atoms. The van der Waals surface area contributed by atoms with E-state index in [1.807, 2.05) is 13.8 Å². The Morgan fingerprint density at radius 3 is 2.24 bits per heavy atom. The summed E-state index contributed by atoms with van der Waals surface area (Å²) in [7, 11) is 0. The summed E-state index contributed by atoms with van der Waals surface area (Å²) in [6.07, 6.45) is 6.62. The van der Waals surface area contributed by atoms with Crippen LogP contribution in [0.15, 0.2) is 24.3 Å². The van der Waals surface area contributed by atoms with Gasteiger partial charge in [-0.15, -0.1) is 6.42 Å². The van der Waals surface area contributed by atoms with Crippen molar-refractivity contribution in [3.8, 4) is 18.1 Å². The first kappa shape index (κ1) is 20.0. The van der Waals surface area contributed by atoms with Gasteiger partial charge in [0.1, 0.15) is 11.3 Å². The van der Waals surface area contributed by atoms with Crippen molar-refractivity contribution in [1.82, 2.24) is 5.32 Å². The lowest BCUT2D eigenvalue weighted by atomic mass is 9.94. The SMILES string of the molecule is C#CC(CC)(CC)NC(=O)COC(=O)c1ccc(OCC(N)=O)cc1. The smallest absolute Gasteiger partial charge is 0.338 e. The molecule has 0 aliphatic carbocycles. The second-order valence-electron chi connectivity index (χ2n) is 5.34. The quantitative estimate of drug-likeness (QED) is 0.513. The summed E-state index contributed by atoms with van der Waals surface area (Å²) >= 11 is 0. The van der Waals surface area contributed by atoms with E-state index >= 15 is 0 Å². The fourth-order valence-corrected chi connectivity index (χ4v) is 2.03. The summed E-state index contributed by atoms with van der Waals surface area (Å²) in [4.78, 5) is 34.5. The maximum Gasteiger partial charge on any atom is 0.338 e. The van der Waals surface area contributed by atoms with Gasteiger partial charge in [0.15, 0.2) is 13.2 Å². The van der Waals surface area contributed by atoms with Crippen LogP contribution in [0.2, 0.25) is 0 Å². The predicted molar refractivity (Wildman–Crippen MR) is 91.7 cm³/mol. The summed E-state index contributed by atoms with van der Waals surface area (Å²) in [5.41, 5.74) is 4.48. The summed E-state index contributed by atoms with van der Waals surface area (Å²) in [5.74, 6) is 1.24. The van der Waals surface area contributed by atoms with Gasteiger partial charge in [0, 0.05) is 0 Å². The van der Waals surface area contributed by atoms with Crippen LogP contribution in [0.3, 0.4) is 0 Å². The highest BCUT2D eigenvalue weighted by Gasteiger charge is 2.25. The number of amides is 2. The van der Waals surface area contributed by atoms with Crippen molar-refractivity contribution in [2.75, 3.05) is 13.2 Å². The lowest BCUT2D eigenvalue weighted by Gasteiger charge is -2.26. The second-order valence-corrected chi connectivity index (χ2v) is 5.34. The van der Waals surface area contributed by atoms with Gasteiger partial charge in [-0.3, -0.25) is 9.59 Å². The van der Waals surface area contributed by atoms with Gasteiger partial charge in [-0.2, -0.15) is 0 Å². The van der Waals surface area contributed by atoms with Gasteiger partial charge in [-0.25, -0.2) is 4.79 Å². The Kier molecular flexibility index (Phi) is 7.47. The van der Waals surface area contributed by atoms with Gasteiger partial charge >= 0.3 is 5.97 Å². The summed E-state index contributed by atoms with van der Waals surface area (Å²) in [6.45, 7) is 3.06. The van der Waals surface area contributed by atoms with E-state index in [0.29, 0.717) is 18.6 Å². The Balaban J connectivity index is 2.55. The van der Waals surface area contributed by atoms with Crippen LogP contribution in [0.5, 0.6) is 5.75 Å². The largest absolute Gasteiger partial charge is 0.484 e. The van der Waals surface area contributed by atoms with Crippen molar-refractivity contribution < 1.29 is 23.9 Å². The zero-order chi connectivity index (χ0) is 18.9. The van der Waals surface area contributed by atoms with Crippen LogP contribution in [-0.4, -0.2) is 36.5 Å². The fraction of sp³-hybridized carbons (Fsp3) is 0.389. The number of terminal acetylenes is 1. The number of carbonyl (C=O) groups is 3. The van der Waals surface area contributed by atoms with E-state index in [-0.39, 0.29) is 12.2 Å². The zero-order valence-electron chi connectivity index (χ0n) is 14.3. The molecule has 0 aliphatic heterocycles. The van der Waals surface area contributed by atoms with E-state index in [1.165, 1.54) is 24.3 Å². The topological polar surface area (TPSA) is 108 Å². The fourth-order valence-electron chi connectivity index (χ4n) is 2.03. The molecule has 0 spiro atoms. The molecule has 0 atom stereocenters. The maximum atomic E-state index is 11.9. The number of ether oxygens (including phenoxy) is 2. The average Bonchev–Trinajstić information content (AvgIpc) is 2.63. The molecule has 134 valence electrons. The Morgan fingerprint density at radius 2 is 1.76 bits per heavy atom. The highest BCUT2D eigenvalue weighted by Crippen LogP contribution is 2.14. The Labute approximate surface area is 146 Å². The van der Waals surface area contributed by atoms with Crippen molar-refractivity contribution in [2.45, 2.75) is 32.2 Å². The minimum Gasteiger partial charge on any atom is -0.484 e. The van der Waals surface area contributed by atoms with E-state index in [2.05, 4.69) is 11.2 Å². The van der Waals surface area contributed by atoms with Crippen molar-refractivity contribution in [3.63, 3.8) is 0 Å². The van der Waals surface area contributed by atoms with Gasteiger partial charge in [0.05, 0.1) is 5.56 Å². The van der Waals surface area contributed by atoms with E-state index in [4.69, 9.17) is 21.6 Å². The predicted octanol–water partition coefficient (Wildman–Crippen LogP) is 1.02. The molecule has 0 aromatic heterocycles. The molecule has 7 heteroatoms. The van der Waals surface area contributed by atoms with Gasteiger partial charge in [-0.1, -0.05) is 19.8 Å². The molecule has 1 aromatic rings. The first-order valence-corrected chi connectivity index (χ1v) is 7.83. The summed E-state index contributed by atoms with van der Waals surface area (Å²) in [6, 6.07) is 5.91. The first-order valence-electron chi connectivity index (χ1n) is 7.83. The number of carbonyl (C=O) groups excluding carboxylic acids is 3. The van der Waals surface area contributed by atoms with Crippen LogP contribution in [-0.2, 0) is 14.3 Å². The number of nitrogens with two attached hydrogens (primary N) is 1.